The number of methoxy groups -OCH3 is 1. The molecule has 2 aromatic rings. The molecule has 2 aromatic carbocycles. The second kappa shape index (κ2) is 6.08. The van der Waals surface area contributed by atoms with Crippen molar-refractivity contribution in [2.75, 3.05) is 7.11 Å². The summed E-state index contributed by atoms with van der Waals surface area (Å²) in [7, 11) is 1.72. The molecular weight excluding hydrogens is 282 g/mol. The third-order valence-electron chi connectivity index (χ3n) is 4.47. The molecule has 112 valence electrons. The van der Waals surface area contributed by atoms with Gasteiger partial charge in [0.25, 0.3) is 0 Å². The van der Waals surface area contributed by atoms with Crippen LogP contribution in [0.2, 0.25) is 0 Å². The molecule has 0 radical (unpaired) electrons. The van der Waals surface area contributed by atoms with Gasteiger partial charge >= 0.3 is 0 Å². The fraction of sp³-hybridized carbons (Fsp3) is 0.333. The molecule has 0 heterocycles. The van der Waals surface area contributed by atoms with Gasteiger partial charge in [-0.1, -0.05) is 43.3 Å². The van der Waals surface area contributed by atoms with Crippen LogP contribution < -0.4 is 10.5 Å². The molecule has 0 bridgehead atoms. The van der Waals surface area contributed by atoms with Crippen LogP contribution >= 0.6 is 12.4 Å². The van der Waals surface area contributed by atoms with Crippen molar-refractivity contribution in [1.82, 2.24) is 0 Å². The summed E-state index contributed by atoms with van der Waals surface area (Å²) < 4.78 is 5.41. The number of halogens is 1. The first-order chi connectivity index (χ1) is 9.63. The number of nitrogens with two attached hydrogens (primary N) is 1. The molecule has 2 atom stereocenters. The fourth-order valence-electron chi connectivity index (χ4n) is 3.44. The summed E-state index contributed by atoms with van der Waals surface area (Å²) >= 11 is 0. The van der Waals surface area contributed by atoms with Crippen LogP contribution in [0, 0.1) is 0 Å². The monoisotopic (exact) mass is 303 g/mol. The summed E-state index contributed by atoms with van der Waals surface area (Å²) in [5.41, 5.74) is 10.3. The summed E-state index contributed by atoms with van der Waals surface area (Å²) in [5.74, 6) is 0.918. The van der Waals surface area contributed by atoms with Crippen molar-refractivity contribution in [3.63, 3.8) is 0 Å². The lowest BCUT2D eigenvalue weighted by atomic mass is 9.66. The number of hydrogen-bond donors (Lipinski definition) is 1. The molecule has 3 heteroatoms. The van der Waals surface area contributed by atoms with Gasteiger partial charge in [-0.15, -0.1) is 12.4 Å². The van der Waals surface area contributed by atoms with E-state index >= 15 is 0 Å². The smallest absolute Gasteiger partial charge is 0.119 e. The van der Waals surface area contributed by atoms with Crippen LogP contribution in [0.4, 0.5) is 0 Å². The van der Waals surface area contributed by atoms with E-state index in [-0.39, 0.29) is 23.9 Å². The molecule has 2 unspecified atom stereocenters. The minimum atomic E-state index is -0.0389. The van der Waals surface area contributed by atoms with Crippen LogP contribution in [0.25, 0.3) is 0 Å². The topological polar surface area (TPSA) is 35.2 Å². The predicted molar refractivity (Wildman–Crippen MR) is 89.4 cm³/mol. The summed E-state index contributed by atoms with van der Waals surface area (Å²) in [4.78, 5) is 0. The summed E-state index contributed by atoms with van der Waals surface area (Å²) in [6.45, 7) is 2.29. The van der Waals surface area contributed by atoms with E-state index in [2.05, 4.69) is 49.4 Å². The molecule has 3 rings (SSSR count). The molecule has 0 amide bonds. The second-order valence-corrected chi connectivity index (χ2v) is 5.89. The lowest BCUT2D eigenvalue weighted by Gasteiger charge is -2.39. The summed E-state index contributed by atoms with van der Waals surface area (Å²) in [5, 5.41) is 0. The second-order valence-electron chi connectivity index (χ2n) is 5.89. The molecule has 1 aliphatic rings. The highest BCUT2D eigenvalue weighted by Crippen LogP contribution is 2.43. The Morgan fingerprint density at radius 3 is 2.52 bits per heavy atom. The van der Waals surface area contributed by atoms with Crippen molar-refractivity contribution in [2.24, 2.45) is 5.73 Å². The number of hydrogen-bond acceptors (Lipinski definition) is 2. The molecule has 0 spiro atoms. The Morgan fingerprint density at radius 1 is 1.14 bits per heavy atom. The normalized spacial score (nSPS) is 23.9. The maximum absolute atomic E-state index is 6.30. The van der Waals surface area contributed by atoms with Gasteiger partial charge in [0.2, 0.25) is 0 Å². The molecule has 21 heavy (non-hydrogen) atoms. The Balaban J connectivity index is 0.00000161. The molecule has 0 aliphatic heterocycles. The van der Waals surface area contributed by atoms with Gasteiger partial charge in [-0.05, 0) is 41.7 Å². The zero-order valence-electron chi connectivity index (χ0n) is 12.5. The first-order valence-electron chi connectivity index (χ1n) is 7.12. The first kappa shape index (κ1) is 15.9. The highest BCUT2D eigenvalue weighted by Gasteiger charge is 2.37. The van der Waals surface area contributed by atoms with Gasteiger partial charge < -0.3 is 10.5 Å². The van der Waals surface area contributed by atoms with Crippen molar-refractivity contribution in [3.05, 3.63) is 65.2 Å². The minimum Gasteiger partial charge on any atom is -0.497 e. The van der Waals surface area contributed by atoms with Gasteiger partial charge in [-0.25, -0.2) is 0 Å². The van der Waals surface area contributed by atoms with Crippen molar-refractivity contribution >= 4 is 12.4 Å². The SMILES string of the molecule is COc1ccc2c(c1)C(C)(c1ccccc1)CC(N)C2.Cl. The van der Waals surface area contributed by atoms with Crippen LogP contribution in [0.5, 0.6) is 5.75 Å². The third kappa shape index (κ3) is 2.78. The molecule has 2 N–H and O–H groups in total. The van der Waals surface area contributed by atoms with E-state index in [1.165, 1.54) is 16.7 Å². The van der Waals surface area contributed by atoms with Crippen LogP contribution in [0.1, 0.15) is 30.0 Å². The summed E-state index contributed by atoms with van der Waals surface area (Å²) in [6, 6.07) is 17.2. The van der Waals surface area contributed by atoms with Crippen LogP contribution in [0.15, 0.2) is 48.5 Å². The average molecular weight is 304 g/mol. The van der Waals surface area contributed by atoms with Crippen molar-refractivity contribution < 1.29 is 4.74 Å². The van der Waals surface area contributed by atoms with E-state index in [9.17, 15) is 0 Å². The fourth-order valence-corrected chi connectivity index (χ4v) is 3.44. The number of rotatable bonds is 2. The quantitative estimate of drug-likeness (QED) is 0.918. The van der Waals surface area contributed by atoms with Gasteiger partial charge in [0, 0.05) is 11.5 Å². The standard InChI is InChI=1S/C18H21NO.ClH/c1-18(14-6-4-3-5-7-14)12-15(19)10-13-8-9-16(20-2)11-17(13)18;/h3-9,11,15H,10,12,19H2,1-2H3;1H. The highest BCUT2D eigenvalue weighted by molar-refractivity contribution is 5.85. The Bertz CT molecular complexity index is 614. The van der Waals surface area contributed by atoms with Gasteiger partial charge in [-0.3, -0.25) is 0 Å². The Labute approximate surface area is 132 Å². The van der Waals surface area contributed by atoms with Crippen molar-refractivity contribution in [1.29, 1.82) is 0 Å². The average Bonchev–Trinajstić information content (AvgIpc) is 2.48. The Kier molecular flexibility index (Phi) is 4.60. The minimum absolute atomic E-state index is 0. The van der Waals surface area contributed by atoms with E-state index in [1.54, 1.807) is 7.11 Å². The summed E-state index contributed by atoms with van der Waals surface area (Å²) in [6.07, 6.45) is 1.92. The van der Waals surface area contributed by atoms with E-state index in [0.717, 1.165) is 18.6 Å². The Hall–Kier alpha value is -1.51. The van der Waals surface area contributed by atoms with E-state index in [4.69, 9.17) is 10.5 Å². The van der Waals surface area contributed by atoms with Gasteiger partial charge in [0.05, 0.1) is 7.11 Å². The Morgan fingerprint density at radius 2 is 1.86 bits per heavy atom. The van der Waals surface area contributed by atoms with Gasteiger partial charge in [-0.2, -0.15) is 0 Å². The molecule has 0 fully saturated rings. The maximum atomic E-state index is 6.30. The molecule has 0 saturated heterocycles. The largest absolute Gasteiger partial charge is 0.497 e. The number of fused-ring (bicyclic) bond motifs is 1. The molecule has 1 aliphatic carbocycles. The third-order valence-corrected chi connectivity index (χ3v) is 4.47. The van der Waals surface area contributed by atoms with Crippen molar-refractivity contribution in [2.45, 2.75) is 31.2 Å². The van der Waals surface area contributed by atoms with Crippen molar-refractivity contribution in [3.8, 4) is 5.75 Å². The zero-order chi connectivity index (χ0) is 14.2. The van der Waals surface area contributed by atoms with Gasteiger partial charge in [0.15, 0.2) is 0 Å². The van der Waals surface area contributed by atoms with E-state index < -0.39 is 0 Å². The molecule has 0 saturated carbocycles. The van der Waals surface area contributed by atoms with E-state index in [0.29, 0.717) is 0 Å². The van der Waals surface area contributed by atoms with Crippen LogP contribution in [-0.2, 0) is 11.8 Å². The van der Waals surface area contributed by atoms with Crippen LogP contribution in [-0.4, -0.2) is 13.2 Å². The lowest BCUT2D eigenvalue weighted by molar-refractivity contribution is 0.398. The van der Waals surface area contributed by atoms with Crippen LogP contribution in [0.3, 0.4) is 0 Å². The predicted octanol–water partition coefficient (Wildman–Crippen LogP) is 3.70. The maximum Gasteiger partial charge on any atom is 0.119 e. The highest BCUT2D eigenvalue weighted by atomic mass is 35.5. The zero-order valence-corrected chi connectivity index (χ0v) is 13.3. The number of ether oxygens (including phenoxy) is 1. The molecule has 2 nitrogen and oxygen atoms in total. The first-order valence-corrected chi connectivity index (χ1v) is 7.12. The molecular formula is C18H22ClNO. The van der Waals surface area contributed by atoms with Gasteiger partial charge in [0.1, 0.15) is 5.75 Å². The lowest BCUT2D eigenvalue weighted by Crippen LogP contribution is -2.40. The molecule has 0 aromatic heterocycles. The van der Waals surface area contributed by atoms with E-state index in [1.807, 2.05) is 6.07 Å². The number of benzene rings is 2.